The van der Waals surface area contributed by atoms with Crippen molar-refractivity contribution in [2.75, 3.05) is 17.9 Å². The number of hydrogen-bond donors (Lipinski definition) is 2. The first kappa shape index (κ1) is 21.7. The maximum Gasteiger partial charge on any atom is 0.261 e. The number of rotatable bonds is 8. The van der Waals surface area contributed by atoms with E-state index in [1.54, 1.807) is 67.6 Å². The van der Waals surface area contributed by atoms with Crippen LogP contribution in [0, 0.1) is 6.92 Å². The first-order valence-electron chi connectivity index (χ1n) is 9.21. The molecule has 0 aliphatic carbocycles. The van der Waals surface area contributed by atoms with Crippen LogP contribution in [0.5, 0.6) is 5.75 Å². The zero-order valence-electron chi connectivity index (χ0n) is 16.3. The van der Waals surface area contributed by atoms with Gasteiger partial charge in [-0.15, -0.1) is 0 Å². The van der Waals surface area contributed by atoms with Crippen LogP contribution in [0.2, 0.25) is 5.02 Å². The molecule has 0 aromatic heterocycles. The summed E-state index contributed by atoms with van der Waals surface area (Å²) in [7, 11) is -3.74. The molecule has 1 amide bonds. The molecule has 0 saturated heterocycles. The summed E-state index contributed by atoms with van der Waals surface area (Å²) >= 11 is 5.83. The molecule has 156 valence electrons. The first-order valence-corrected chi connectivity index (χ1v) is 11.1. The van der Waals surface area contributed by atoms with Gasteiger partial charge in [0.05, 0.1) is 17.1 Å². The predicted octanol–water partition coefficient (Wildman–Crippen LogP) is 4.26. The summed E-state index contributed by atoms with van der Waals surface area (Å²) in [6.07, 6.45) is 0. The number of anilines is 1. The highest BCUT2D eigenvalue weighted by atomic mass is 35.5. The number of sulfonamides is 1. The zero-order chi connectivity index (χ0) is 21.6. The third-order valence-electron chi connectivity index (χ3n) is 4.35. The van der Waals surface area contributed by atoms with Gasteiger partial charge >= 0.3 is 0 Å². The fraction of sp³-hybridized carbons (Fsp3) is 0.136. The Kier molecular flexibility index (Phi) is 6.97. The molecule has 0 bridgehead atoms. The van der Waals surface area contributed by atoms with E-state index in [2.05, 4.69) is 10.0 Å². The van der Waals surface area contributed by atoms with E-state index >= 15 is 0 Å². The molecular weight excluding hydrogens is 424 g/mol. The van der Waals surface area contributed by atoms with Crippen molar-refractivity contribution in [3.8, 4) is 5.75 Å². The van der Waals surface area contributed by atoms with Crippen molar-refractivity contribution in [2.24, 2.45) is 0 Å². The number of nitrogens with one attached hydrogen (secondary N) is 2. The molecular formula is C22H21ClN2O4S. The number of amides is 1. The van der Waals surface area contributed by atoms with Crippen LogP contribution in [0.4, 0.5) is 5.69 Å². The summed E-state index contributed by atoms with van der Waals surface area (Å²) in [5, 5.41) is 3.40. The molecule has 8 heteroatoms. The number of hydrogen-bond acceptors (Lipinski definition) is 4. The lowest BCUT2D eigenvalue weighted by atomic mass is 10.1. The van der Waals surface area contributed by atoms with E-state index in [1.165, 1.54) is 12.1 Å². The molecule has 3 aromatic rings. The lowest BCUT2D eigenvalue weighted by molar-refractivity contribution is 0.0946. The maximum absolute atomic E-state index is 12.6. The van der Waals surface area contributed by atoms with Crippen molar-refractivity contribution in [3.05, 3.63) is 88.9 Å². The molecule has 2 N–H and O–H groups in total. The average molecular weight is 445 g/mol. The van der Waals surface area contributed by atoms with Gasteiger partial charge in [-0.25, -0.2) is 8.42 Å². The molecule has 0 atom stereocenters. The molecule has 3 aromatic carbocycles. The molecule has 3 rings (SSSR count). The Morgan fingerprint density at radius 2 is 1.67 bits per heavy atom. The van der Waals surface area contributed by atoms with Crippen molar-refractivity contribution in [1.29, 1.82) is 0 Å². The molecule has 0 heterocycles. The van der Waals surface area contributed by atoms with Crippen molar-refractivity contribution < 1.29 is 17.9 Å². The third kappa shape index (κ3) is 5.52. The Hall–Kier alpha value is -3.03. The van der Waals surface area contributed by atoms with Gasteiger partial charge in [0.25, 0.3) is 15.9 Å². The lowest BCUT2D eigenvalue weighted by Gasteiger charge is -2.14. The second kappa shape index (κ2) is 9.65. The van der Waals surface area contributed by atoms with Gasteiger partial charge in [-0.3, -0.25) is 9.52 Å². The van der Waals surface area contributed by atoms with Gasteiger partial charge in [0.2, 0.25) is 0 Å². The van der Waals surface area contributed by atoms with E-state index in [1.807, 2.05) is 0 Å². The normalized spacial score (nSPS) is 11.0. The molecule has 0 saturated carbocycles. The van der Waals surface area contributed by atoms with Crippen LogP contribution in [0.1, 0.15) is 15.9 Å². The first-order chi connectivity index (χ1) is 14.4. The molecule has 0 aliphatic rings. The van der Waals surface area contributed by atoms with E-state index in [9.17, 15) is 13.2 Å². The largest absolute Gasteiger partial charge is 0.492 e. The van der Waals surface area contributed by atoms with Gasteiger partial charge in [0.1, 0.15) is 12.4 Å². The summed E-state index contributed by atoms with van der Waals surface area (Å²) in [5.74, 6) is 0.343. The van der Waals surface area contributed by atoms with Crippen LogP contribution in [-0.2, 0) is 10.0 Å². The van der Waals surface area contributed by atoms with Gasteiger partial charge < -0.3 is 10.1 Å². The van der Waals surface area contributed by atoms with Crippen LogP contribution in [0.3, 0.4) is 0 Å². The van der Waals surface area contributed by atoms with Crippen molar-refractivity contribution >= 4 is 33.2 Å². The summed E-state index contributed by atoms with van der Waals surface area (Å²) in [4.78, 5) is 12.7. The lowest BCUT2D eigenvalue weighted by Crippen LogP contribution is -2.29. The number of benzene rings is 3. The Morgan fingerprint density at radius 3 is 2.37 bits per heavy atom. The Balaban J connectivity index is 1.62. The second-order valence-corrected chi connectivity index (χ2v) is 8.57. The van der Waals surface area contributed by atoms with Crippen LogP contribution in [0.25, 0.3) is 0 Å². The molecule has 0 spiro atoms. The van der Waals surface area contributed by atoms with Crippen LogP contribution < -0.4 is 14.8 Å². The fourth-order valence-corrected chi connectivity index (χ4v) is 4.02. The van der Waals surface area contributed by atoms with E-state index in [4.69, 9.17) is 16.3 Å². The Labute approximate surface area is 180 Å². The van der Waals surface area contributed by atoms with Gasteiger partial charge in [0.15, 0.2) is 0 Å². The number of halogens is 1. The van der Waals surface area contributed by atoms with Gasteiger partial charge in [-0.2, -0.15) is 0 Å². The third-order valence-corrected chi connectivity index (χ3v) is 5.98. The van der Waals surface area contributed by atoms with Crippen molar-refractivity contribution in [2.45, 2.75) is 11.8 Å². The zero-order valence-corrected chi connectivity index (χ0v) is 17.8. The maximum atomic E-state index is 12.6. The van der Waals surface area contributed by atoms with Crippen LogP contribution >= 0.6 is 11.6 Å². The quantitative estimate of drug-likeness (QED) is 0.508. The minimum atomic E-state index is -3.74. The van der Waals surface area contributed by atoms with Crippen molar-refractivity contribution in [3.63, 3.8) is 0 Å². The summed E-state index contributed by atoms with van der Waals surface area (Å²) < 4.78 is 33.2. The van der Waals surface area contributed by atoms with Crippen molar-refractivity contribution in [1.82, 2.24) is 5.32 Å². The van der Waals surface area contributed by atoms with E-state index in [0.29, 0.717) is 34.1 Å². The highest BCUT2D eigenvalue weighted by Crippen LogP contribution is 2.22. The highest BCUT2D eigenvalue weighted by Gasteiger charge is 2.17. The topological polar surface area (TPSA) is 84.5 Å². The molecule has 0 aliphatic heterocycles. The van der Waals surface area contributed by atoms with E-state index in [0.717, 1.165) is 0 Å². The van der Waals surface area contributed by atoms with E-state index in [-0.39, 0.29) is 17.4 Å². The smallest absolute Gasteiger partial charge is 0.261 e. The SMILES string of the molecule is Cc1c(NS(=O)(=O)c2ccccc2)cccc1C(=O)NCCOc1ccc(Cl)cc1. The predicted molar refractivity (Wildman–Crippen MR) is 118 cm³/mol. The minimum Gasteiger partial charge on any atom is -0.492 e. The number of carbonyl (C=O) groups is 1. The summed E-state index contributed by atoms with van der Waals surface area (Å²) in [6, 6.07) is 19.9. The summed E-state index contributed by atoms with van der Waals surface area (Å²) in [5.41, 5.74) is 1.27. The second-order valence-electron chi connectivity index (χ2n) is 6.45. The minimum absolute atomic E-state index is 0.151. The van der Waals surface area contributed by atoms with Crippen LogP contribution in [0.15, 0.2) is 77.7 Å². The molecule has 0 radical (unpaired) electrons. The van der Waals surface area contributed by atoms with Gasteiger partial charge in [-0.05, 0) is 61.0 Å². The molecule has 0 unspecified atom stereocenters. The Bertz CT molecular complexity index is 1120. The average Bonchev–Trinajstić information content (AvgIpc) is 2.74. The fourth-order valence-electron chi connectivity index (χ4n) is 2.76. The standard InChI is InChI=1S/C22H21ClN2O4S/c1-16-20(22(26)24-14-15-29-18-12-10-17(23)11-13-18)8-5-9-21(16)25-30(27,28)19-6-3-2-4-7-19/h2-13,25H,14-15H2,1H3,(H,24,26). The summed E-state index contributed by atoms with van der Waals surface area (Å²) in [6.45, 7) is 2.27. The number of ether oxygens (including phenoxy) is 1. The number of carbonyl (C=O) groups excluding carboxylic acids is 1. The highest BCUT2D eigenvalue weighted by molar-refractivity contribution is 7.92. The van der Waals surface area contributed by atoms with E-state index < -0.39 is 10.0 Å². The van der Waals surface area contributed by atoms with Gasteiger partial charge in [-0.1, -0.05) is 35.9 Å². The molecule has 0 fully saturated rings. The van der Waals surface area contributed by atoms with Gasteiger partial charge in [0, 0.05) is 10.6 Å². The molecule has 6 nitrogen and oxygen atoms in total. The molecule has 30 heavy (non-hydrogen) atoms. The Morgan fingerprint density at radius 1 is 0.967 bits per heavy atom. The monoisotopic (exact) mass is 444 g/mol. The van der Waals surface area contributed by atoms with Crippen LogP contribution in [-0.4, -0.2) is 27.5 Å².